The van der Waals surface area contributed by atoms with Gasteiger partial charge in [0.05, 0.1) is 12.7 Å². The highest BCUT2D eigenvalue weighted by atomic mass is 32.2. The van der Waals surface area contributed by atoms with Gasteiger partial charge in [0.15, 0.2) is 0 Å². The van der Waals surface area contributed by atoms with Gasteiger partial charge in [-0.1, -0.05) is 17.3 Å². The van der Waals surface area contributed by atoms with Crippen LogP contribution in [0.4, 0.5) is 4.39 Å². The Hall–Kier alpha value is -1.40. The summed E-state index contributed by atoms with van der Waals surface area (Å²) in [5, 5.41) is 17.6. The maximum Gasteiger partial charge on any atom is 0.136 e. The minimum Gasteiger partial charge on any atom is -0.384 e. The van der Waals surface area contributed by atoms with Crippen LogP contribution in [0.5, 0.6) is 0 Å². The smallest absolute Gasteiger partial charge is 0.136 e. The van der Waals surface area contributed by atoms with Gasteiger partial charge in [0, 0.05) is 10.6 Å². The van der Waals surface area contributed by atoms with Gasteiger partial charge in [-0.25, -0.2) is 4.39 Å². The zero-order valence-electron chi connectivity index (χ0n) is 10.9. The summed E-state index contributed by atoms with van der Waals surface area (Å²) in [6.07, 6.45) is 1.71. The lowest BCUT2D eigenvalue weighted by atomic mass is 10.1. The molecule has 0 aliphatic rings. The van der Waals surface area contributed by atoms with E-state index in [1.54, 1.807) is 36.9 Å². The van der Waals surface area contributed by atoms with Crippen molar-refractivity contribution < 1.29 is 9.50 Å². The summed E-state index contributed by atoms with van der Waals surface area (Å²) in [5.74, 6) is 0.485. The lowest BCUT2D eigenvalue weighted by Gasteiger charge is -2.11. The number of nitrogens with zero attached hydrogens (tertiary/aromatic N) is 3. The molecule has 0 saturated heterocycles. The Morgan fingerprint density at radius 3 is 2.74 bits per heavy atom. The number of halogens is 1. The molecule has 1 aromatic carbocycles. The Morgan fingerprint density at radius 1 is 1.37 bits per heavy atom. The van der Waals surface area contributed by atoms with E-state index in [9.17, 15) is 9.50 Å². The van der Waals surface area contributed by atoms with E-state index in [1.807, 2.05) is 6.07 Å². The number of hydrogen-bond donors (Lipinski definition) is 1. The molecule has 1 heterocycles. The first-order valence-electron chi connectivity index (χ1n) is 5.97. The second kappa shape index (κ2) is 5.71. The Labute approximate surface area is 115 Å². The predicted octanol–water partition coefficient (Wildman–Crippen LogP) is 2.44. The zero-order chi connectivity index (χ0) is 13.9. The molecule has 0 aliphatic heterocycles. The third-order valence-electron chi connectivity index (χ3n) is 2.58. The number of rotatable bonds is 5. The summed E-state index contributed by atoms with van der Waals surface area (Å²) in [4.78, 5) is 0.630. The maximum atomic E-state index is 13.4. The summed E-state index contributed by atoms with van der Waals surface area (Å²) >= 11 is 1.43. The standard InChI is InChI=1S/C13H16FN3OS/c1-13(2,18)12-9-17(16-15-12)7-8-19-11-6-4-3-5-10(11)14/h3-6,9,18H,7-8H2,1-2H3. The molecular weight excluding hydrogens is 265 g/mol. The van der Waals surface area contributed by atoms with Crippen LogP contribution in [0.1, 0.15) is 19.5 Å². The molecule has 0 atom stereocenters. The lowest BCUT2D eigenvalue weighted by Crippen LogP contribution is -2.15. The molecule has 0 unspecified atom stereocenters. The molecule has 1 N–H and O–H groups in total. The largest absolute Gasteiger partial charge is 0.384 e. The molecule has 0 radical (unpaired) electrons. The molecule has 1 aromatic heterocycles. The monoisotopic (exact) mass is 281 g/mol. The van der Waals surface area contributed by atoms with Gasteiger partial charge >= 0.3 is 0 Å². The minimum atomic E-state index is -0.989. The number of hydrogen-bond acceptors (Lipinski definition) is 4. The van der Waals surface area contributed by atoms with Gasteiger partial charge < -0.3 is 5.11 Å². The first-order chi connectivity index (χ1) is 8.97. The molecule has 0 aliphatic carbocycles. The summed E-state index contributed by atoms with van der Waals surface area (Å²) in [5.41, 5.74) is -0.458. The third kappa shape index (κ3) is 3.78. The van der Waals surface area contributed by atoms with Crippen molar-refractivity contribution in [2.75, 3.05) is 5.75 Å². The molecule has 0 bridgehead atoms. The summed E-state index contributed by atoms with van der Waals surface area (Å²) in [6.45, 7) is 3.94. The number of aromatic nitrogens is 3. The molecule has 0 saturated carbocycles. The van der Waals surface area contributed by atoms with E-state index in [0.29, 0.717) is 22.9 Å². The summed E-state index contributed by atoms with van der Waals surface area (Å²) in [7, 11) is 0. The zero-order valence-corrected chi connectivity index (χ0v) is 11.7. The van der Waals surface area contributed by atoms with Crippen LogP contribution in [0.25, 0.3) is 0 Å². The Morgan fingerprint density at radius 2 is 2.11 bits per heavy atom. The molecule has 2 aromatic rings. The number of aliphatic hydroxyl groups is 1. The average molecular weight is 281 g/mol. The van der Waals surface area contributed by atoms with E-state index < -0.39 is 5.60 Å². The van der Waals surface area contributed by atoms with Crippen molar-refractivity contribution in [3.05, 3.63) is 42.0 Å². The second-order valence-corrected chi connectivity index (χ2v) is 5.84. The Balaban J connectivity index is 1.90. The van der Waals surface area contributed by atoms with Crippen LogP contribution < -0.4 is 0 Å². The fourth-order valence-electron chi connectivity index (χ4n) is 1.50. The summed E-state index contributed by atoms with van der Waals surface area (Å²) < 4.78 is 15.0. The molecule has 0 spiro atoms. The van der Waals surface area contributed by atoms with Crippen LogP contribution in [-0.2, 0) is 12.1 Å². The normalized spacial score (nSPS) is 11.8. The molecule has 6 heteroatoms. The first-order valence-corrected chi connectivity index (χ1v) is 6.96. The average Bonchev–Trinajstić information content (AvgIpc) is 2.80. The molecule has 2 rings (SSSR count). The Kier molecular flexibility index (Phi) is 4.21. The topological polar surface area (TPSA) is 50.9 Å². The highest BCUT2D eigenvalue weighted by molar-refractivity contribution is 7.99. The van der Waals surface area contributed by atoms with Crippen molar-refractivity contribution in [1.82, 2.24) is 15.0 Å². The van der Waals surface area contributed by atoms with Gasteiger partial charge in [-0.3, -0.25) is 4.68 Å². The van der Waals surface area contributed by atoms with Crippen molar-refractivity contribution in [2.24, 2.45) is 0 Å². The van der Waals surface area contributed by atoms with E-state index in [2.05, 4.69) is 10.3 Å². The van der Waals surface area contributed by atoms with Crippen LogP contribution in [0, 0.1) is 5.82 Å². The van der Waals surface area contributed by atoms with E-state index >= 15 is 0 Å². The van der Waals surface area contributed by atoms with E-state index in [4.69, 9.17) is 0 Å². The van der Waals surface area contributed by atoms with Gasteiger partial charge in [-0.05, 0) is 26.0 Å². The van der Waals surface area contributed by atoms with Gasteiger partial charge in [0.25, 0.3) is 0 Å². The SMILES string of the molecule is CC(C)(O)c1cn(CCSc2ccccc2F)nn1. The molecule has 4 nitrogen and oxygen atoms in total. The van der Waals surface area contributed by atoms with Gasteiger partial charge in [0.1, 0.15) is 17.1 Å². The third-order valence-corrected chi connectivity index (χ3v) is 3.61. The lowest BCUT2D eigenvalue weighted by molar-refractivity contribution is 0.0737. The van der Waals surface area contributed by atoms with E-state index in [0.717, 1.165) is 0 Å². The maximum absolute atomic E-state index is 13.4. The fourth-order valence-corrected chi connectivity index (χ4v) is 2.38. The van der Waals surface area contributed by atoms with Crippen LogP contribution in [0.3, 0.4) is 0 Å². The van der Waals surface area contributed by atoms with Crippen molar-refractivity contribution in [1.29, 1.82) is 0 Å². The first kappa shape index (κ1) is 14.0. The number of aryl methyl sites for hydroxylation is 1. The highest BCUT2D eigenvalue weighted by Crippen LogP contribution is 2.21. The van der Waals surface area contributed by atoms with Gasteiger partial charge in [0.2, 0.25) is 0 Å². The van der Waals surface area contributed by atoms with E-state index in [1.165, 1.54) is 17.8 Å². The highest BCUT2D eigenvalue weighted by Gasteiger charge is 2.19. The predicted molar refractivity (Wildman–Crippen MR) is 72.4 cm³/mol. The van der Waals surface area contributed by atoms with Crippen LogP contribution in [0.2, 0.25) is 0 Å². The van der Waals surface area contributed by atoms with E-state index in [-0.39, 0.29) is 5.82 Å². The quantitative estimate of drug-likeness (QED) is 0.855. The molecular formula is C13H16FN3OS. The molecule has 102 valence electrons. The molecule has 0 amide bonds. The molecule has 19 heavy (non-hydrogen) atoms. The second-order valence-electron chi connectivity index (χ2n) is 4.70. The van der Waals surface area contributed by atoms with Crippen molar-refractivity contribution >= 4 is 11.8 Å². The molecule has 0 fully saturated rings. The number of thioether (sulfide) groups is 1. The minimum absolute atomic E-state index is 0.205. The number of benzene rings is 1. The Bertz CT molecular complexity index is 551. The van der Waals surface area contributed by atoms with Crippen LogP contribution in [-0.4, -0.2) is 25.9 Å². The van der Waals surface area contributed by atoms with Gasteiger partial charge in [-0.2, -0.15) is 0 Å². The van der Waals surface area contributed by atoms with Gasteiger partial charge in [-0.15, -0.1) is 16.9 Å². The van der Waals surface area contributed by atoms with Crippen molar-refractivity contribution in [3.63, 3.8) is 0 Å². The van der Waals surface area contributed by atoms with Crippen molar-refractivity contribution in [2.45, 2.75) is 30.9 Å². The van der Waals surface area contributed by atoms with Crippen molar-refractivity contribution in [3.8, 4) is 0 Å². The van der Waals surface area contributed by atoms with Crippen LogP contribution >= 0.6 is 11.8 Å². The summed E-state index contributed by atoms with van der Waals surface area (Å²) in [6, 6.07) is 6.69. The fraction of sp³-hybridized carbons (Fsp3) is 0.385. The van der Waals surface area contributed by atoms with Crippen LogP contribution in [0.15, 0.2) is 35.4 Å².